The zero-order chi connectivity index (χ0) is 18.7. The number of carboxylic acid groups (broad SMARTS) is 2. The van der Waals surface area contributed by atoms with Gasteiger partial charge in [-0.2, -0.15) is 0 Å². The highest BCUT2D eigenvalue weighted by Crippen LogP contribution is 2.29. The smallest absolute Gasteiger partial charge is 0.337 e. The Hall–Kier alpha value is -3.00. The number of nitrogens with one attached hydrogen (secondary N) is 1. The molecule has 128 valence electrons. The van der Waals surface area contributed by atoms with E-state index in [1.165, 1.54) is 43.3 Å². The number of hydrogen-bond acceptors (Lipinski definition) is 4. The second-order valence-electron chi connectivity index (χ2n) is 5.04. The highest BCUT2D eigenvalue weighted by molar-refractivity contribution is 9.10. The van der Waals surface area contributed by atoms with Crippen LogP contribution in [0.1, 0.15) is 43.6 Å². The predicted octanol–water partition coefficient (Wildman–Crippen LogP) is 3.03. The van der Waals surface area contributed by atoms with Gasteiger partial charge in [0.05, 0.1) is 16.8 Å². The van der Waals surface area contributed by atoms with Gasteiger partial charge in [-0.3, -0.25) is 9.59 Å². The van der Waals surface area contributed by atoms with Crippen LogP contribution in [0.25, 0.3) is 0 Å². The lowest BCUT2D eigenvalue weighted by Gasteiger charge is -2.12. The van der Waals surface area contributed by atoms with Gasteiger partial charge in [0, 0.05) is 22.5 Å². The van der Waals surface area contributed by atoms with Crippen LogP contribution in [0.15, 0.2) is 40.9 Å². The fourth-order valence-corrected chi connectivity index (χ4v) is 2.75. The van der Waals surface area contributed by atoms with Gasteiger partial charge in [-0.1, -0.05) is 34.1 Å². The number of ketones is 1. The lowest BCUT2D eigenvalue weighted by Crippen LogP contribution is -2.14. The summed E-state index contributed by atoms with van der Waals surface area (Å²) < 4.78 is 0.171. The molecule has 0 saturated heterocycles. The van der Waals surface area contributed by atoms with E-state index in [1.54, 1.807) is 0 Å². The Kier molecular flexibility index (Phi) is 5.33. The summed E-state index contributed by atoms with van der Waals surface area (Å²) in [5.74, 6) is -3.67. The first-order chi connectivity index (χ1) is 11.7. The number of aromatic carboxylic acids is 2. The van der Waals surface area contributed by atoms with Gasteiger partial charge in [-0.25, -0.2) is 9.59 Å². The topological polar surface area (TPSA) is 121 Å². The van der Waals surface area contributed by atoms with Crippen molar-refractivity contribution in [3.8, 4) is 0 Å². The first-order valence-corrected chi connectivity index (χ1v) is 7.73. The lowest BCUT2D eigenvalue weighted by molar-refractivity contribution is -0.114. The van der Waals surface area contributed by atoms with E-state index < -0.39 is 23.6 Å². The summed E-state index contributed by atoms with van der Waals surface area (Å²) in [5.41, 5.74) is -0.456. The molecular weight excluding hydrogens is 394 g/mol. The molecule has 0 spiro atoms. The molecule has 0 aliphatic carbocycles. The van der Waals surface area contributed by atoms with Gasteiger partial charge < -0.3 is 15.5 Å². The Morgan fingerprint density at radius 1 is 0.880 bits per heavy atom. The van der Waals surface area contributed by atoms with Crippen molar-refractivity contribution in [2.24, 2.45) is 0 Å². The second kappa shape index (κ2) is 7.27. The van der Waals surface area contributed by atoms with Crippen LogP contribution >= 0.6 is 15.9 Å². The molecule has 8 heteroatoms. The van der Waals surface area contributed by atoms with Crippen molar-refractivity contribution in [3.05, 3.63) is 63.1 Å². The molecule has 0 radical (unpaired) electrons. The normalized spacial score (nSPS) is 10.2. The molecular formula is C17H12BrNO6. The molecule has 0 atom stereocenters. The minimum Gasteiger partial charge on any atom is -0.478 e. The number of anilines is 1. The Balaban J connectivity index is 2.63. The van der Waals surface area contributed by atoms with E-state index in [1.807, 2.05) is 0 Å². The molecule has 0 aromatic heterocycles. The van der Waals surface area contributed by atoms with Crippen molar-refractivity contribution < 1.29 is 29.4 Å². The molecule has 2 aromatic rings. The summed E-state index contributed by atoms with van der Waals surface area (Å²) >= 11 is 3.13. The number of halogens is 1. The molecule has 0 bridgehead atoms. The Morgan fingerprint density at radius 3 is 1.96 bits per heavy atom. The fraction of sp³-hybridized carbons (Fsp3) is 0.0588. The van der Waals surface area contributed by atoms with Crippen LogP contribution in [-0.2, 0) is 4.79 Å². The third kappa shape index (κ3) is 3.92. The first kappa shape index (κ1) is 18.3. The number of amides is 1. The number of carboxylic acids is 2. The summed E-state index contributed by atoms with van der Waals surface area (Å²) in [6, 6.07) is 8.06. The van der Waals surface area contributed by atoms with E-state index >= 15 is 0 Å². The number of carbonyl (C=O) groups is 4. The number of rotatable bonds is 5. The van der Waals surface area contributed by atoms with Crippen LogP contribution < -0.4 is 5.32 Å². The molecule has 0 unspecified atom stereocenters. The second-order valence-corrected chi connectivity index (χ2v) is 5.90. The summed E-state index contributed by atoms with van der Waals surface area (Å²) in [7, 11) is 0. The highest BCUT2D eigenvalue weighted by atomic mass is 79.9. The molecule has 7 nitrogen and oxygen atoms in total. The van der Waals surface area contributed by atoms with Gasteiger partial charge in [-0.15, -0.1) is 0 Å². The molecule has 0 saturated carbocycles. The maximum absolute atomic E-state index is 12.8. The minimum atomic E-state index is -1.28. The number of carbonyl (C=O) groups excluding carboxylic acids is 2. The lowest BCUT2D eigenvalue weighted by atomic mass is 9.97. The van der Waals surface area contributed by atoms with Crippen molar-refractivity contribution >= 4 is 45.2 Å². The van der Waals surface area contributed by atoms with Crippen LogP contribution in [0.3, 0.4) is 0 Å². The van der Waals surface area contributed by atoms with Gasteiger partial charge in [0.15, 0.2) is 5.78 Å². The summed E-state index contributed by atoms with van der Waals surface area (Å²) in [6.07, 6.45) is 0. The van der Waals surface area contributed by atoms with Crippen LogP contribution in [0.5, 0.6) is 0 Å². The van der Waals surface area contributed by atoms with E-state index in [9.17, 15) is 29.4 Å². The van der Waals surface area contributed by atoms with Gasteiger partial charge in [0.2, 0.25) is 5.91 Å². The third-order valence-corrected chi connectivity index (χ3v) is 3.95. The monoisotopic (exact) mass is 405 g/mol. The quantitative estimate of drug-likeness (QED) is 0.657. The average molecular weight is 406 g/mol. The highest BCUT2D eigenvalue weighted by Gasteiger charge is 2.22. The average Bonchev–Trinajstić information content (AvgIpc) is 2.54. The van der Waals surface area contributed by atoms with Crippen molar-refractivity contribution in [2.75, 3.05) is 5.32 Å². The van der Waals surface area contributed by atoms with Gasteiger partial charge in [0.1, 0.15) is 0 Å². The maximum Gasteiger partial charge on any atom is 0.337 e. The first-order valence-electron chi connectivity index (χ1n) is 6.93. The van der Waals surface area contributed by atoms with Crippen LogP contribution in [0, 0.1) is 0 Å². The van der Waals surface area contributed by atoms with Gasteiger partial charge >= 0.3 is 11.9 Å². The fourth-order valence-electron chi connectivity index (χ4n) is 2.23. The molecule has 0 aliphatic rings. The molecule has 0 fully saturated rings. The molecule has 1 amide bonds. The summed E-state index contributed by atoms with van der Waals surface area (Å²) in [6.45, 7) is 1.20. The van der Waals surface area contributed by atoms with Gasteiger partial charge in [-0.05, 0) is 18.2 Å². The summed E-state index contributed by atoms with van der Waals surface area (Å²) in [4.78, 5) is 46.7. The molecule has 0 aliphatic heterocycles. The van der Waals surface area contributed by atoms with Crippen molar-refractivity contribution in [2.45, 2.75) is 6.92 Å². The zero-order valence-electron chi connectivity index (χ0n) is 12.9. The molecule has 2 aromatic carbocycles. The number of benzene rings is 2. The molecule has 2 rings (SSSR count). The molecule has 0 heterocycles. The standard InChI is InChI=1S/C17H12BrNO6/c1-8(20)19-14-7-11(13(18)6-12(14)17(24)25)15(21)9-4-2-3-5-10(9)16(22)23/h2-7H,1H3,(H,19,20)(H,22,23)(H,24,25). The van der Waals surface area contributed by atoms with Crippen LogP contribution in [0.4, 0.5) is 5.69 Å². The van der Waals surface area contributed by atoms with Crippen LogP contribution in [-0.4, -0.2) is 33.8 Å². The van der Waals surface area contributed by atoms with Crippen molar-refractivity contribution in [1.29, 1.82) is 0 Å². The minimum absolute atomic E-state index is 0.0300. The Labute approximate surface area is 150 Å². The van der Waals surface area contributed by atoms with Gasteiger partial charge in [0.25, 0.3) is 0 Å². The van der Waals surface area contributed by atoms with E-state index in [0.29, 0.717) is 0 Å². The zero-order valence-corrected chi connectivity index (χ0v) is 14.5. The summed E-state index contributed by atoms with van der Waals surface area (Å²) in [5, 5.41) is 20.8. The largest absolute Gasteiger partial charge is 0.478 e. The Bertz CT molecular complexity index is 906. The molecule has 25 heavy (non-hydrogen) atoms. The van der Waals surface area contributed by atoms with E-state index in [0.717, 1.165) is 0 Å². The van der Waals surface area contributed by atoms with E-state index in [4.69, 9.17) is 0 Å². The predicted molar refractivity (Wildman–Crippen MR) is 92.2 cm³/mol. The van der Waals surface area contributed by atoms with Crippen molar-refractivity contribution in [1.82, 2.24) is 0 Å². The third-order valence-electron chi connectivity index (χ3n) is 3.30. The number of hydrogen-bond donors (Lipinski definition) is 3. The SMILES string of the molecule is CC(=O)Nc1cc(C(=O)c2ccccc2C(=O)O)c(Br)cc1C(=O)O. The van der Waals surface area contributed by atoms with Crippen LogP contribution in [0.2, 0.25) is 0 Å². The van der Waals surface area contributed by atoms with Crippen molar-refractivity contribution in [3.63, 3.8) is 0 Å². The van der Waals surface area contributed by atoms with E-state index in [2.05, 4.69) is 21.2 Å². The maximum atomic E-state index is 12.8. The molecule has 3 N–H and O–H groups in total. The van der Waals surface area contributed by atoms with E-state index in [-0.39, 0.29) is 32.4 Å². The Morgan fingerprint density at radius 2 is 1.44 bits per heavy atom.